The summed E-state index contributed by atoms with van der Waals surface area (Å²) in [6.45, 7) is 9.20. The number of ether oxygens (including phenoxy) is 1. The predicted octanol–water partition coefficient (Wildman–Crippen LogP) is 2.34. The molecular formula is C24H31N5O5S. The minimum atomic E-state index is -4.20. The van der Waals surface area contributed by atoms with Gasteiger partial charge in [0.2, 0.25) is 0 Å². The zero-order valence-corrected chi connectivity index (χ0v) is 20.9. The Hall–Kier alpha value is -3.15. The van der Waals surface area contributed by atoms with Gasteiger partial charge in [-0.3, -0.25) is 4.90 Å². The lowest BCUT2D eigenvalue weighted by atomic mass is 9.99. The van der Waals surface area contributed by atoms with E-state index in [1.807, 2.05) is 13.8 Å². The van der Waals surface area contributed by atoms with Gasteiger partial charge in [0, 0.05) is 38.3 Å². The van der Waals surface area contributed by atoms with Crippen LogP contribution in [0.4, 0.5) is 0 Å². The van der Waals surface area contributed by atoms with Crippen molar-refractivity contribution < 1.29 is 23.4 Å². The van der Waals surface area contributed by atoms with Crippen LogP contribution in [0.5, 0.6) is 17.5 Å². The number of hydrogen-bond donors (Lipinski definition) is 2. The third kappa shape index (κ3) is 5.42. The SMILES string of the molecule is CC(C)c1cc(-c2nnc(O)n2S(=O)(=O)c2ccc(OCCN3CCN(C)CC3)cc2)ccc1O. The van der Waals surface area contributed by atoms with Crippen LogP contribution in [0.2, 0.25) is 0 Å². The Bertz CT molecular complexity index is 1270. The minimum Gasteiger partial charge on any atom is -0.508 e. The predicted molar refractivity (Wildman–Crippen MR) is 131 cm³/mol. The van der Waals surface area contributed by atoms with Gasteiger partial charge >= 0.3 is 6.01 Å². The van der Waals surface area contributed by atoms with E-state index in [9.17, 15) is 18.6 Å². The topological polar surface area (TPSA) is 121 Å². The lowest BCUT2D eigenvalue weighted by Crippen LogP contribution is -2.45. The van der Waals surface area contributed by atoms with E-state index in [2.05, 4.69) is 27.0 Å². The minimum absolute atomic E-state index is 0.000298. The molecule has 0 unspecified atom stereocenters. The number of phenolic OH excluding ortho intramolecular Hbond substituents is 1. The maximum absolute atomic E-state index is 13.4. The summed E-state index contributed by atoms with van der Waals surface area (Å²) in [4.78, 5) is 4.59. The number of phenols is 1. The van der Waals surface area contributed by atoms with Gasteiger partial charge in [-0.25, -0.2) is 8.42 Å². The number of rotatable bonds is 8. The zero-order chi connectivity index (χ0) is 25.2. The summed E-state index contributed by atoms with van der Waals surface area (Å²) in [5.74, 6) is 0.619. The van der Waals surface area contributed by atoms with Gasteiger partial charge in [-0.2, -0.15) is 3.97 Å². The molecule has 3 aromatic rings. The van der Waals surface area contributed by atoms with Crippen LogP contribution in [0.15, 0.2) is 47.4 Å². The molecule has 4 rings (SSSR count). The van der Waals surface area contributed by atoms with Crippen molar-refractivity contribution in [2.45, 2.75) is 24.7 Å². The number of hydrogen-bond acceptors (Lipinski definition) is 9. The first-order chi connectivity index (χ1) is 16.7. The van der Waals surface area contributed by atoms with Gasteiger partial charge in [0.05, 0.1) is 4.90 Å². The second-order valence-corrected chi connectivity index (χ2v) is 10.8. The molecule has 1 aliphatic rings. The molecule has 0 amide bonds. The van der Waals surface area contributed by atoms with Gasteiger partial charge in [0.25, 0.3) is 10.0 Å². The average molecular weight is 502 g/mol. The molecule has 0 aliphatic carbocycles. The first-order valence-electron chi connectivity index (χ1n) is 11.5. The fourth-order valence-electron chi connectivity index (χ4n) is 4.00. The van der Waals surface area contributed by atoms with E-state index in [4.69, 9.17) is 4.74 Å². The molecule has 2 heterocycles. The quantitative estimate of drug-likeness (QED) is 0.479. The highest BCUT2D eigenvalue weighted by Gasteiger charge is 2.27. The van der Waals surface area contributed by atoms with Crippen molar-refractivity contribution >= 4 is 10.0 Å². The van der Waals surface area contributed by atoms with Crippen molar-refractivity contribution in [3.05, 3.63) is 48.0 Å². The fourth-order valence-corrected chi connectivity index (χ4v) is 5.31. The summed E-state index contributed by atoms with van der Waals surface area (Å²) in [5.41, 5.74) is 1.04. The van der Waals surface area contributed by atoms with Gasteiger partial charge in [0.15, 0.2) is 5.82 Å². The highest BCUT2D eigenvalue weighted by molar-refractivity contribution is 7.90. The molecule has 2 aromatic carbocycles. The van der Waals surface area contributed by atoms with Gasteiger partial charge in [-0.15, -0.1) is 5.10 Å². The fraction of sp³-hybridized carbons (Fsp3) is 0.417. The Labute approximate surface area is 205 Å². The molecule has 0 atom stereocenters. The summed E-state index contributed by atoms with van der Waals surface area (Å²) in [6, 6.07) is 9.96. The monoisotopic (exact) mass is 501 g/mol. The molecule has 1 saturated heterocycles. The number of aromatic hydroxyl groups is 2. The van der Waals surface area contributed by atoms with E-state index in [1.54, 1.807) is 18.2 Å². The van der Waals surface area contributed by atoms with Gasteiger partial charge in [-0.1, -0.05) is 18.9 Å². The molecule has 0 saturated carbocycles. The molecule has 1 aliphatic heterocycles. The second kappa shape index (κ2) is 10.2. The maximum atomic E-state index is 13.4. The molecule has 0 radical (unpaired) electrons. The van der Waals surface area contributed by atoms with Crippen molar-refractivity contribution in [2.75, 3.05) is 46.4 Å². The summed E-state index contributed by atoms with van der Waals surface area (Å²) in [5, 5.41) is 27.8. The van der Waals surface area contributed by atoms with Gasteiger partial charge in [0.1, 0.15) is 18.1 Å². The van der Waals surface area contributed by atoms with E-state index in [1.165, 1.54) is 24.3 Å². The number of benzene rings is 2. The molecule has 11 heteroatoms. The van der Waals surface area contributed by atoms with E-state index < -0.39 is 16.0 Å². The molecule has 10 nitrogen and oxygen atoms in total. The maximum Gasteiger partial charge on any atom is 0.329 e. The van der Waals surface area contributed by atoms with E-state index >= 15 is 0 Å². The van der Waals surface area contributed by atoms with Crippen LogP contribution >= 0.6 is 0 Å². The van der Waals surface area contributed by atoms with Crippen molar-refractivity contribution in [2.24, 2.45) is 0 Å². The van der Waals surface area contributed by atoms with E-state index in [-0.39, 0.29) is 22.4 Å². The Morgan fingerprint density at radius 1 is 1.00 bits per heavy atom. The molecule has 2 N–H and O–H groups in total. The summed E-state index contributed by atoms with van der Waals surface area (Å²) >= 11 is 0. The van der Waals surface area contributed by atoms with Crippen molar-refractivity contribution in [3.8, 4) is 28.9 Å². The Balaban J connectivity index is 1.51. The lowest BCUT2D eigenvalue weighted by Gasteiger charge is -2.32. The highest BCUT2D eigenvalue weighted by Crippen LogP contribution is 2.33. The molecular weight excluding hydrogens is 470 g/mol. The highest BCUT2D eigenvalue weighted by atomic mass is 32.2. The van der Waals surface area contributed by atoms with Gasteiger partial charge < -0.3 is 19.8 Å². The number of aromatic nitrogens is 3. The van der Waals surface area contributed by atoms with E-state index in [0.717, 1.165) is 32.7 Å². The Morgan fingerprint density at radius 2 is 1.69 bits per heavy atom. The third-order valence-electron chi connectivity index (χ3n) is 6.15. The number of nitrogens with zero attached hydrogens (tertiary/aromatic N) is 5. The zero-order valence-electron chi connectivity index (χ0n) is 20.1. The van der Waals surface area contributed by atoms with Crippen molar-refractivity contribution in [1.82, 2.24) is 24.0 Å². The van der Waals surface area contributed by atoms with E-state index in [0.29, 0.717) is 27.5 Å². The summed E-state index contributed by atoms with van der Waals surface area (Å²) in [6.07, 6.45) is 0. The van der Waals surface area contributed by atoms with Crippen LogP contribution in [-0.4, -0.2) is 89.0 Å². The van der Waals surface area contributed by atoms with Crippen LogP contribution in [0.1, 0.15) is 25.3 Å². The van der Waals surface area contributed by atoms with Crippen LogP contribution in [0.3, 0.4) is 0 Å². The summed E-state index contributed by atoms with van der Waals surface area (Å²) < 4.78 is 33.3. The summed E-state index contributed by atoms with van der Waals surface area (Å²) in [7, 11) is -2.09. The van der Waals surface area contributed by atoms with Gasteiger partial charge in [-0.05, 0) is 61.0 Å². The number of likely N-dealkylation sites (N-methyl/N-ethyl adjacent to an activating group) is 1. The Morgan fingerprint density at radius 3 is 2.34 bits per heavy atom. The average Bonchev–Trinajstić information content (AvgIpc) is 3.23. The Kier molecular flexibility index (Phi) is 7.29. The smallest absolute Gasteiger partial charge is 0.329 e. The largest absolute Gasteiger partial charge is 0.508 e. The molecule has 188 valence electrons. The molecule has 0 bridgehead atoms. The molecule has 1 fully saturated rings. The molecule has 1 aromatic heterocycles. The van der Waals surface area contributed by atoms with Crippen molar-refractivity contribution in [1.29, 1.82) is 0 Å². The van der Waals surface area contributed by atoms with Crippen LogP contribution < -0.4 is 4.74 Å². The standard InChI is InChI=1S/C24H31N5O5S/c1-17(2)21-16-18(4-9-22(21)30)23-25-26-24(31)29(23)35(32,33)20-7-5-19(6-8-20)34-15-14-28-12-10-27(3)11-13-28/h4-9,16-17,30H,10-15H2,1-3H3,(H,26,31). The van der Waals surface area contributed by atoms with Crippen LogP contribution in [0, 0.1) is 0 Å². The lowest BCUT2D eigenvalue weighted by molar-refractivity contribution is 0.133. The van der Waals surface area contributed by atoms with Crippen LogP contribution in [-0.2, 0) is 10.0 Å². The first-order valence-corrected chi connectivity index (χ1v) is 13.0. The van der Waals surface area contributed by atoms with Crippen LogP contribution in [0.25, 0.3) is 11.4 Å². The normalized spacial score (nSPS) is 15.5. The number of piperazine rings is 1. The second-order valence-electron chi connectivity index (χ2n) is 8.99. The third-order valence-corrected chi connectivity index (χ3v) is 7.83. The first kappa shape index (κ1) is 25.0. The van der Waals surface area contributed by atoms with Crippen molar-refractivity contribution in [3.63, 3.8) is 0 Å². The molecule has 35 heavy (non-hydrogen) atoms. The molecule has 0 spiro atoms.